The van der Waals surface area contributed by atoms with E-state index in [1.165, 1.54) is 10.8 Å². The average Bonchev–Trinajstić information content (AvgIpc) is 2.49. The fourth-order valence-electron chi connectivity index (χ4n) is 2.14. The van der Waals surface area contributed by atoms with Crippen LogP contribution >= 0.6 is 0 Å². The Hall–Kier alpha value is -2.07. The molecule has 2 N–H and O–H groups in total. The van der Waals surface area contributed by atoms with Crippen molar-refractivity contribution in [2.45, 2.75) is 26.0 Å². The van der Waals surface area contributed by atoms with Gasteiger partial charge in [-0.25, -0.2) is 4.79 Å². The highest BCUT2D eigenvalue weighted by molar-refractivity contribution is 5.83. The van der Waals surface area contributed by atoms with Crippen LogP contribution in [0.4, 0.5) is 4.79 Å². The Morgan fingerprint density at radius 3 is 2.67 bits per heavy atom. The van der Waals surface area contributed by atoms with Crippen LogP contribution in [0.1, 0.15) is 18.9 Å². The van der Waals surface area contributed by atoms with E-state index < -0.39 is 0 Å². The van der Waals surface area contributed by atoms with Gasteiger partial charge in [0.2, 0.25) is 0 Å². The van der Waals surface area contributed by atoms with Gasteiger partial charge in [0.25, 0.3) is 0 Å². The van der Waals surface area contributed by atoms with Crippen LogP contribution in [-0.4, -0.2) is 35.7 Å². The van der Waals surface area contributed by atoms with Gasteiger partial charge in [-0.2, -0.15) is 0 Å². The molecular formula is C17H22N2O2. The smallest absolute Gasteiger partial charge is 0.317 e. The number of amides is 2. The summed E-state index contributed by atoms with van der Waals surface area (Å²) in [6.45, 7) is 2.77. The first-order valence-corrected chi connectivity index (χ1v) is 7.21. The van der Waals surface area contributed by atoms with Crippen LogP contribution in [0.5, 0.6) is 0 Å². The van der Waals surface area contributed by atoms with E-state index in [4.69, 9.17) is 0 Å². The Labute approximate surface area is 125 Å². The van der Waals surface area contributed by atoms with Gasteiger partial charge in [0.05, 0.1) is 6.10 Å². The lowest BCUT2D eigenvalue weighted by Crippen LogP contribution is -2.38. The molecule has 1 atom stereocenters. The van der Waals surface area contributed by atoms with Crippen LogP contribution in [-0.2, 0) is 6.54 Å². The summed E-state index contributed by atoms with van der Waals surface area (Å²) >= 11 is 0. The zero-order valence-corrected chi connectivity index (χ0v) is 12.5. The summed E-state index contributed by atoms with van der Waals surface area (Å²) in [5, 5.41) is 14.5. The number of aliphatic hydroxyl groups excluding tert-OH is 1. The molecule has 1 unspecified atom stereocenters. The number of urea groups is 1. The summed E-state index contributed by atoms with van der Waals surface area (Å²) in [6, 6.07) is 14.2. The first-order valence-electron chi connectivity index (χ1n) is 7.21. The summed E-state index contributed by atoms with van der Waals surface area (Å²) in [7, 11) is 1.73. The van der Waals surface area contributed by atoms with Gasteiger partial charge in [-0.3, -0.25) is 0 Å². The van der Waals surface area contributed by atoms with Gasteiger partial charge >= 0.3 is 6.03 Å². The van der Waals surface area contributed by atoms with Gasteiger partial charge in [-0.15, -0.1) is 0 Å². The maximum absolute atomic E-state index is 11.9. The normalized spacial score (nSPS) is 12.1. The molecule has 4 nitrogen and oxygen atoms in total. The lowest BCUT2D eigenvalue weighted by molar-refractivity contribution is 0.163. The zero-order chi connectivity index (χ0) is 15.2. The number of fused-ring (bicyclic) bond motifs is 1. The topological polar surface area (TPSA) is 52.6 Å². The molecule has 0 saturated carbocycles. The molecule has 0 saturated heterocycles. The minimum atomic E-state index is -0.388. The number of carbonyl (C=O) groups is 1. The van der Waals surface area contributed by atoms with Crippen LogP contribution in [0.15, 0.2) is 42.5 Å². The predicted octanol–water partition coefficient (Wildman–Crippen LogP) is 2.75. The molecule has 0 fully saturated rings. The van der Waals surface area contributed by atoms with E-state index in [1.54, 1.807) is 18.9 Å². The van der Waals surface area contributed by atoms with Crippen molar-refractivity contribution in [3.63, 3.8) is 0 Å². The van der Waals surface area contributed by atoms with Crippen molar-refractivity contribution >= 4 is 16.8 Å². The van der Waals surface area contributed by atoms with Crippen molar-refractivity contribution in [1.82, 2.24) is 10.2 Å². The van der Waals surface area contributed by atoms with Crippen molar-refractivity contribution in [2.24, 2.45) is 0 Å². The first kappa shape index (κ1) is 15.3. The first-order chi connectivity index (χ1) is 10.1. The van der Waals surface area contributed by atoms with Crippen LogP contribution in [0.2, 0.25) is 0 Å². The molecule has 112 valence electrons. The molecule has 2 amide bonds. The van der Waals surface area contributed by atoms with E-state index in [-0.39, 0.29) is 12.1 Å². The third-order valence-corrected chi connectivity index (χ3v) is 3.49. The highest BCUT2D eigenvalue weighted by Crippen LogP contribution is 2.15. The maximum Gasteiger partial charge on any atom is 0.317 e. The van der Waals surface area contributed by atoms with Gasteiger partial charge in [-0.05, 0) is 35.7 Å². The van der Waals surface area contributed by atoms with Gasteiger partial charge < -0.3 is 15.3 Å². The second-order valence-corrected chi connectivity index (χ2v) is 5.40. The molecule has 2 aromatic carbocycles. The molecule has 0 heterocycles. The Kier molecular flexibility index (Phi) is 5.17. The SMILES string of the molecule is CC(O)CCN(C)C(=O)NCc1ccc2ccccc2c1. The van der Waals surface area contributed by atoms with Gasteiger partial charge in [0, 0.05) is 20.1 Å². The van der Waals surface area contributed by atoms with Crippen molar-refractivity contribution in [3.8, 4) is 0 Å². The molecule has 0 aliphatic carbocycles. The van der Waals surface area contributed by atoms with Crippen LogP contribution in [0.25, 0.3) is 10.8 Å². The van der Waals surface area contributed by atoms with Crippen molar-refractivity contribution in [2.75, 3.05) is 13.6 Å². The fraction of sp³-hybridized carbons (Fsp3) is 0.353. The Morgan fingerprint density at radius 1 is 1.24 bits per heavy atom. The lowest BCUT2D eigenvalue weighted by Gasteiger charge is -2.18. The molecule has 21 heavy (non-hydrogen) atoms. The highest BCUT2D eigenvalue weighted by Gasteiger charge is 2.09. The number of carbonyl (C=O) groups excluding carboxylic acids is 1. The molecule has 0 spiro atoms. The number of benzene rings is 2. The number of hydrogen-bond acceptors (Lipinski definition) is 2. The molecule has 0 bridgehead atoms. The van der Waals surface area contributed by atoms with E-state index in [0.717, 1.165) is 5.56 Å². The number of aliphatic hydroxyl groups is 1. The molecule has 0 radical (unpaired) electrons. The molecule has 4 heteroatoms. The van der Waals surface area contributed by atoms with E-state index in [9.17, 15) is 9.90 Å². The van der Waals surface area contributed by atoms with E-state index in [1.807, 2.05) is 18.2 Å². The summed E-state index contributed by atoms with van der Waals surface area (Å²) in [4.78, 5) is 13.5. The van der Waals surface area contributed by atoms with Crippen LogP contribution < -0.4 is 5.32 Å². The minimum Gasteiger partial charge on any atom is -0.393 e. The highest BCUT2D eigenvalue weighted by atomic mass is 16.3. The Bertz CT molecular complexity index is 611. The molecule has 2 aromatic rings. The van der Waals surface area contributed by atoms with E-state index in [0.29, 0.717) is 19.5 Å². The summed E-state index contributed by atoms with van der Waals surface area (Å²) < 4.78 is 0. The molecule has 0 aliphatic rings. The maximum atomic E-state index is 11.9. The minimum absolute atomic E-state index is 0.121. The van der Waals surface area contributed by atoms with Gasteiger partial charge in [0.15, 0.2) is 0 Å². The Morgan fingerprint density at radius 2 is 1.95 bits per heavy atom. The quantitative estimate of drug-likeness (QED) is 0.888. The summed E-state index contributed by atoms with van der Waals surface area (Å²) in [5.41, 5.74) is 1.07. The van der Waals surface area contributed by atoms with Gasteiger partial charge in [-0.1, -0.05) is 36.4 Å². The monoisotopic (exact) mass is 286 g/mol. The standard InChI is InChI=1S/C17H22N2O2/c1-13(20)9-10-19(2)17(21)18-12-14-7-8-15-5-3-4-6-16(15)11-14/h3-8,11,13,20H,9-10,12H2,1-2H3,(H,18,21). The summed E-state index contributed by atoms with van der Waals surface area (Å²) in [5.74, 6) is 0. The van der Waals surface area contributed by atoms with Crippen LogP contribution in [0.3, 0.4) is 0 Å². The molecule has 0 aliphatic heterocycles. The van der Waals surface area contributed by atoms with Gasteiger partial charge in [0.1, 0.15) is 0 Å². The molecule has 0 aromatic heterocycles. The van der Waals surface area contributed by atoms with Crippen molar-refractivity contribution < 1.29 is 9.90 Å². The fourth-order valence-corrected chi connectivity index (χ4v) is 2.14. The third-order valence-electron chi connectivity index (χ3n) is 3.49. The predicted molar refractivity (Wildman–Crippen MR) is 85.1 cm³/mol. The van der Waals surface area contributed by atoms with E-state index in [2.05, 4.69) is 29.6 Å². The largest absolute Gasteiger partial charge is 0.393 e. The molecular weight excluding hydrogens is 264 g/mol. The van der Waals surface area contributed by atoms with Crippen LogP contribution in [0, 0.1) is 0 Å². The second-order valence-electron chi connectivity index (χ2n) is 5.40. The number of nitrogens with one attached hydrogen (secondary N) is 1. The zero-order valence-electron chi connectivity index (χ0n) is 12.5. The lowest BCUT2D eigenvalue weighted by atomic mass is 10.1. The van der Waals surface area contributed by atoms with Crippen molar-refractivity contribution in [3.05, 3.63) is 48.0 Å². The second kappa shape index (κ2) is 7.09. The number of hydrogen-bond donors (Lipinski definition) is 2. The Balaban J connectivity index is 1.90. The average molecular weight is 286 g/mol. The molecule has 2 rings (SSSR count). The number of rotatable bonds is 5. The number of nitrogens with zero attached hydrogens (tertiary/aromatic N) is 1. The summed E-state index contributed by atoms with van der Waals surface area (Å²) in [6.07, 6.45) is 0.195. The third kappa shape index (κ3) is 4.46. The van der Waals surface area contributed by atoms with E-state index >= 15 is 0 Å². The van der Waals surface area contributed by atoms with Crippen molar-refractivity contribution in [1.29, 1.82) is 0 Å².